The second-order valence-corrected chi connectivity index (χ2v) is 9.11. The van der Waals surface area contributed by atoms with E-state index in [1.54, 1.807) is 23.9 Å². The topological polar surface area (TPSA) is 99.6 Å². The van der Waals surface area contributed by atoms with Gasteiger partial charge < -0.3 is 5.73 Å². The fourth-order valence-corrected chi connectivity index (χ4v) is 4.91. The number of carbonyl (C=O) groups excluding carboxylic acids is 1. The first-order valence-corrected chi connectivity index (χ1v) is 11.1. The second kappa shape index (κ2) is 8.43. The van der Waals surface area contributed by atoms with Crippen molar-refractivity contribution in [2.24, 2.45) is 11.7 Å². The highest BCUT2D eigenvalue weighted by Crippen LogP contribution is 2.43. The van der Waals surface area contributed by atoms with Gasteiger partial charge in [-0.1, -0.05) is 43.4 Å². The number of aromatic nitrogens is 5. The summed E-state index contributed by atoms with van der Waals surface area (Å²) in [6.45, 7) is 1.80. The molecule has 2 heterocycles. The average Bonchev–Trinajstić information content (AvgIpc) is 3.38. The summed E-state index contributed by atoms with van der Waals surface area (Å²) in [4.78, 5) is 17.6. The van der Waals surface area contributed by atoms with Crippen LogP contribution in [0.2, 0.25) is 5.02 Å². The zero-order valence-electron chi connectivity index (χ0n) is 16.6. The summed E-state index contributed by atoms with van der Waals surface area (Å²) in [7, 11) is 0. The molecule has 1 aliphatic carbocycles. The van der Waals surface area contributed by atoms with Crippen LogP contribution in [0.1, 0.15) is 49.2 Å². The monoisotopic (exact) mass is 488 g/mol. The van der Waals surface area contributed by atoms with Crippen LogP contribution in [-0.2, 0) is 10.2 Å². The third-order valence-corrected chi connectivity index (χ3v) is 6.72. The molecule has 1 fully saturated rings. The standard InChI is InChI=1S/C21H22BrClN6O/c1-13-26-27-28-29(13)18-8-6-15(10-17(18)23)21(20(24)30,11-14-4-2-3-5-14)19-9-7-16(22)12-25-19/h6-10,12,14H,2-5,11H2,1H3,(H2,24,30). The van der Waals surface area contributed by atoms with Crippen molar-refractivity contribution in [3.8, 4) is 5.69 Å². The van der Waals surface area contributed by atoms with Crippen LogP contribution in [0.15, 0.2) is 41.0 Å². The summed E-state index contributed by atoms with van der Waals surface area (Å²) in [5.41, 5.74) is 7.03. The summed E-state index contributed by atoms with van der Waals surface area (Å²) in [5.74, 6) is 0.598. The molecular weight excluding hydrogens is 468 g/mol. The lowest BCUT2D eigenvalue weighted by atomic mass is 9.70. The third kappa shape index (κ3) is 3.74. The molecule has 156 valence electrons. The Hall–Kier alpha value is -2.32. The van der Waals surface area contributed by atoms with Crippen LogP contribution in [0.25, 0.3) is 5.69 Å². The molecule has 1 atom stereocenters. The predicted octanol–water partition coefficient (Wildman–Crippen LogP) is 4.13. The van der Waals surface area contributed by atoms with Gasteiger partial charge >= 0.3 is 0 Å². The number of halogens is 2. The molecule has 2 N–H and O–H groups in total. The highest BCUT2D eigenvalue weighted by molar-refractivity contribution is 9.10. The van der Waals surface area contributed by atoms with Crippen LogP contribution >= 0.6 is 27.5 Å². The van der Waals surface area contributed by atoms with Gasteiger partial charge in [0.05, 0.1) is 16.4 Å². The van der Waals surface area contributed by atoms with E-state index in [0.717, 1.165) is 22.9 Å². The van der Waals surface area contributed by atoms with E-state index < -0.39 is 11.3 Å². The lowest BCUT2D eigenvalue weighted by Gasteiger charge is -2.33. The molecule has 7 nitrogen and oxygen atoms in total. The fourth-order valence-electron chi connectivity index (χ4n) is 4.41. The van der Waals surface area contributed by atoms with E-state index in [2.05, 4.69) is 36.4 Å². The zero-order chi connectivity index (χ0) is 21.3. The zero-order valence-corrected chi connectivity index (χ0v) is 18.9. The Kier molecular flexibility index (Phi) is 5.88. The van der Waals surface area contributed by atoms with Gasteiger partial charge in [-0.3, -0.25) is 9.78 Å². The van der Waals surface area contributed by atoms with Crippen molar-refractivity contribution in [3.63, 3.8) is 0 Å². The highest BCUT2D eigenvalue weighted by Gasteiger charge is 2.44. The number of aryl methyl sites for hydroxylation is 1. The van der Waals surface area contributed by atoms with Crippen LogP contribution in [-0.4, -0.2) is 31.1 Å². The fraction of sp³-hybridized carbons (Fsp3) is 0.381. The van der Waals surface area contributed by atoms with Gasteiger partial charge in [0.1, 0.15) is 5.41 Å². The molecule has 9 heteroatoms. The minimum Gasteiger partial charge on any atom is -0.369 e. The van der Waals surface area contributed by atoms with Crippen molar-refractivity contribution in [1.29, 1.82) is 0 Å². The van der Waals surface area contributed by atoms with Crippen molar-refractivity contribution in [1.82, 2.24) is 25.2 Å². The minimum absolute atomic E-state index is 0.406. The summed E-state index contributed by atoms with van der Waals surface area (Å²) < 4.78 is 2.40. The molecule has 1 amide bonds. The number of hydrogen-bond donors (Lipinski definition) is 1. The summed E-state index contributed by atoms with van der Waals surface area (Å²) in [5, 5.41) is 12.0. The number of benzene rings is 1. The number of carbonyl (C=O) groups is 1. The van der Waals surface area contributed by atoms with E-state index >= 15 is 0 Å². The normalized spacial score (nSPS) is 16.5. The van der Waals surface area contributed by atoms with Crippen molar-refractivity contribution >= 4 is 33.4 Å². The Bertz CT molecular complexity index is 1060. The molecule has 30 heavy (non-hydrogen) atoms. The lowest BCUT2D eigenvalue weighted by molar-refractivity contribution is -0.122. The number of rotatable bonds is 6. The van der Waals surface area contributed by atoms with E-state index in [1.165, 1.54) is 12.8 Å². The Labute approximate surface area is 188 Å². The Morgan fingerprint density at radius 2 is 2.07 bits per heavy atom. The number of nitrogens with two attached hydrogens (primary N) is 1. The van der Waals surface area contributed by atoms with Gasteiger partial charge in [0.2, 0.25) is 5.91 Å². The molecule has 0 radical (unpaired) electrons. The van der Waals surface area contributed by atoms with Gasteiger partial charge in [-0.15, -0.1) is 5.10 Å². The quantitative estimate of drug-likeness (QED) is 0.561. The van der Waals surface area contributed by atoms with E-state index in [4.69, 9.17) is 17.3 Å². The number of tetrazole rings is 1. The van der Waals surface area contributed by atoms with Gasteiger partial charge in [-0.2, -0.15) is 4.68 Å². The maximum absolute atomic E-state index is 13.1. The van der Waals surface area contributed by atoms with Crippen LogP contribution in [0.5, 0.6) is 0 Å². The van der Waals surface area contributed by atoms with Gasteiger partial charge in [0, 0.05) is 10.7 Å². The third-order valence-electron chi connectivity index (χ3n) is 5.95. The van der Waals surface area contributed by atoms with Crippen LogP contribution in [0, 0.1) is 12.8 Å². The van der Waals surface area contributed by atoms with Gasteiger partial charge in [-0.25, -0.2) is 0 Å². The first kappa shape index (κ1) is 20.9. The summed E-state index contributed by atoms with van der Waals surface area (Å²) >= 11 is 10.1. The van der Waals surface area contributed by atoms with E-state index in [0.29, 0.717) is 34.6 Å². The van der Waals surface area contributed by atoms with Crippen molar-refractivity contribution < 1.29 is 4.79 Å². The number of nitrogens with zero attached hydrogens (tertiary/aromatic N) is 5. The van der Waals surface area contributed by atoms with Gasteiger partial charge in [0.25, 0.3) is 0 Å². The lowest BCUT2D eigenvalue weighted by Crippen LogP contribution is -2.44. The SMILES string of the molecule is Cc1nnnn1-c1ccc(C(CC2CCCC2)(C(N)=O)c2ccc(Br)cn2)cc1Cl. The molecule has 1 unspecified atom stereocenters. The maximum atomic E-state index is 13.1. The number of pyridine rings is 1. The summed E-state index contributed by atoms with van der Waals surface area (Å²) in [6.07, 6.45) is 6.82. The van der Waals surface area contributed by atoms with E-state index in [-0.39, 0.29) is 0 Å². The highest BCUT2D eigenvalue weighted by atomic mass is 79.9. The maximum Gasteiger partial charge on any atom is 0.234 e. The largest absolute Gasteiger partial charge is 0.369 e. The van der Waals surface area contributed by atoms with Gasteiger partial charge in [0.15, 0.2) is 5.82 Å². The Morgan fingerprint density at radius 1 is 1.30 bits per heavy atom. The molecule has 2 aromatic heterocycles. The van der Waals surface area contributed by atoms with Crippen molar-refractivity contribution in [2.45, 2.75) is 44.4 Å². The minimum atomic E-state index is -1.06. The molecule has 1 aliphatic rings. The molecule has 0 bridgehead atoms. The van der Waals surface area contributed by atoms with Crippen LogP contribution < -0.4 is 5.73 Å². The van der Waals surface area contributed by atoms with Gasteiger partial charge in [-0.05, 0) is 75.4 Å². The van der Waals surface area contributed by atoms with E-state index in [1.807, 2.05) is 24.3 Å². The van der Waals surface area contributed by atoms with Crippen LogP contribution in [0.3, 0.4) is 0 Å². The molecule has 0 saturated heterocycles. The molecule has 1 aromatic carbocycles. The smallest absolute Gasteiger partial charge is 0.234 e. The van der Waals surface area contributed by atoms with Crippen molar-refractivity contribution in [3.05, 3.63) is 63.1 Å². The number of amides is 1. The Balaban J connectivity index is 1.86. The average molecular weight is 490 g/mol. The molecule has 0 aliphatic heterocycles. The van der Waals surface area contributed by atoms with Crippen LogP contribution in [0.4, 0.5) is 0 Å². The molecular formula is C21H22BrClN6O. The van der Waals surface area contributed by atoms with Crippen molar-refractivity contribution in [2.75, 3.05) is 0 Å². The second-order valence-electron chi connectivity index (χ2n) is 7.79. The molecule has 3 aromatic rings. The van der Waals surface area contributed by atoms with E-state index in [9.17, 15) is 4.79 Å². The molecule has 4 rings (SSSR count). The Morgan fingerprint density at radius 3 is 2.63 bits per heavy atom. The first-order chi connectivity index (χ1) is 14.4. The first-order valence-electron chi connectivity index (χ1n) is 9.89. The molecule has 0 spiro atoms. The number of primary amides is 1. The summed E-state index contributed by atoms with van der Waals surface area (Å²) in [6, 6.07) is 9.24. The number of hydrogen-bond acceptors (Lipinski definition) is 5. The molecule has 1 saturated carbocycles. The predicted molar refractivity (Wildman–Crippen MR) is 117 cm³/mol.